The molecule has 4 rings (SSSR count). The Morgan fingerprint density at radius 1 is 1.07 bits per heavy atom. The fourth-order valence-corrected chi connectivity index (χ4v) is 4.12. The molecule has 0 radical (unpaired) electrons. The summed E-state index contributed by atoms with van der Waals surface area (Å²) >= 11 is 0. The second-order valence-corrected chi connectivity index (χ2v) is 7.96. The second-order valence-electron chi connectivity index (χ2n) is 6.75. The highest BCUT2D eigenvalue weighted by molar-refractivity contribution is 7.86. The van der Waals surface area contributed by atoms with Gasteiger partial charge in [0.15, 0.2) is 11.0 Å². The summed E-state index contributed by atoms with van der Waals surface area (Å²) in [6.45, 7) is 6.09. The summed E-state index contributed by atoms with van der Waals surface area (Å²) in [7, 11) is -1.38. The van der Waals surface area contributed by atoms with E-state index in [-0.39, 0.29) is 0 Å². The molecule has 2 aromatic heterocycles. The largest absolute Gasteiger partial charge is 0.285 e. The lowest BCUT2D eigenvalue weighted by Crippen LogP contribution is -2.10. The highest BCUT2D eigenvalue weighted by Crippen LogP contribution is 2.27. The lowest BCUT2D eigenvalue weighted by molar-refractivity contribution is 0.686. The van der Waals surface area contributed by atoms with Crippen molar-refractivity contribution < 1.29 is 4.21 Å². The number of aromatic nitrogens is 3. The summed E-state index contributed by atoms with van der Waals surface area (Å²) in [4.78, 5) is 5.20. The van der Waals surface area contributed by atoms with Crippen LogP contribution >= 0.6 is 0 Å². The molecule has 6 heteroatoms. The SMILES string of the molecule is CCc1ccc(S(=O)Nc2cc(C)nn2-c2cccc3nccc(C)c23)cc1. The van der Waals surface area contributed by atoms with Crippen LogP contribution in [0.2, 0.25) is 0 Å². The maximum absolute atomic E-state index is 12.9. The normalized spacial score (nSPS) is 12.2. The van der Waals surface area contributed by atoms with E-state index >= 15 is 0 Å². The summed E-state index contributed by atoms with van der Waals surface area (Å²) in [6, 6.07) is 17.7. The van der Waals surface area contributed by atoms with Crippen molar-refractivity contribution in [3.8, 4) is 5.69 Å². The third-order valence-corrected chi connectivity index (χ3v) is 5.85. The molecule has 0 saturated heterocycles. The Bertz CT molecular complexity index is 1160. The molecule has 0 spiro atoms. The Morgan fingerprint density at radius 3 is 2.61 bits per heavy atom. The minimum Gasteiger partial charge on any atom is -0.285 e. The molecule has 2 aromatic carbocycles. The quantitative estimate of drug-likeness (QED) is 0.536. The molecule has 0 saturated carbocycles. The Balaban J connectivity index is 1.75. The number of benzene rings is 2. The molecule has 0 bridgehead atoms. The van der Waals surface area contributed by atoms with Crippen molar-refractivity contribution in [1.82, 2.24) is 14.8 Å². The van der Waals surface area contributed by atoms with Crippen molar-refractivity contribution in [2.45, 2.75) is 32.1 Å². The van der Waals surface area contributed by atoms with E-state index in [1.807, 2.05) is 72.4 Å². The topological polar surface area (TPSA) is 59.8 Å². The van der Waals surface area contributed by atoms with Gasteiger partial charge in [-0.15, -0.1) is 0 Å². The van der Waals surface area contributed by atoms with Gasteiger partial charge < -0.3 is 0 Å². The third kappa shape index (κ3) is 3.43. The minimum absolute atomic E-state index is 0.686. The first-order valence-corrected chi connectivity index (χ1v) is 10.4. The van der Waals surface area contributed by atoms with Crippen LogP contribution in [-0.4, -0.2) is 19.0 Å². The highest BCUT2D eigenvalue weighted by Gasteiger charge is 2.15. The van der Waals surface area contributed by atoms with E-state index in [0.717, 1.165) is 39.2 Å². The van der Waals surface area contributed by atoms with Crippen LogP contribution in [0.4, 0.5) is 5.82 Å². The van der Waals surface area contributed by atoms with Crippen LogP contribution in [0.15, 0.2) is 65.7 Å². The van der Waals surface area contributed by atoms with Gasteiger partial charge in [-0.2, -0.15) is 5.10 Å². The van der Waals surface area contributed by atoms with Crippen molar-refractivity contribution in [3.05, 3.63) is 77.6 Å². The first-order valence-electron chi connectivity index (χ1n) is 9.25. The standard InChI is InChI=1S/C22H22N4OS/c1-4-17-8-10-18(11-9-17)28(27)25-21-14-16(3)24-26(21)20-7-5-6-19-22(20)15(2)12-13-23-19/h5-14,25H,4H2,1-3H3. The molecule has 1 N–H and O–H groups in total. The van der Waals surface area contributed by atoms with Crippen LogP contribution in [0.3, 0.4) is 0 Å². The fourth-order valence-electron chi connectivity index (χ4n) is 3.29. The van der Waals surface area contributed by atoms with Crippen molar-refractivity contribution >= 4 is 27.7 Å². The number of hydrogen-bond donors (Lipinski definition) is 1. The van der Waals surface area contributed by atoms with Gasteiger partial charge in [0.2, 0.25) is 0 Å². The summed E-state index contributed by atoms with van der Waals surface area (Å²) in [5.74, 6) is 0.686. The maximum Gasteiger partial charge on any atom is 0.151 e. The number of rotatable bonds is 5. The molecule has 0 aliphatic heterocycles. The van der Waals surface area contributed by atoms with Gasteiger partial charge in [0.25, 0.3) is 0 Å². The van der Waals surface area contributed by atoms with E-state index in [4.69, 9.17) is 0 Å². The highest BCUT2D eigenvalue weighted by atomic mass is 32.2. The van der Waals surface area contributed by atoms with E-state index < -0.39 is 11.0 Å². The average Bonchev–Trinajstić information content (AvgIpc) is 3.07. The molecule has 0 aliphatic rings. The van der Waals surface area contributed by atoms with Crippen molar-refractivity contribution in [3.63, 3.8) is 0 Å². The predicted octanol–water partition coefficient (Wildman–Crippen LogP) is 4.73. The van der Waals surface area contributed by atoms with Crippen LogP contribution < -0.4 is 4.72 Å². The van der Waals surface area contributed by atoms with E-state index in [9.17, 15) is 4.21 Å². The summed E-state index contributed by atoms with van der Waals surface area (Å²) < 4.78 is 17.8. The number of nitrogens with one attached hydrogen (secondary N) is 1. The lowest BCUT2D eigenvalue weighted by Gasteiger charge is -2.13. The molecule has 0 aliphatic carbocycles. The van der Waals surface area contributed by atoms with Crippen LogP contribution in [0.5, 0.6) is 0 Å². The Kier molecular flexibility index (Phi) is 4.96. The van der Waals surface area contributed by atoms with Crippen LogP contribution in [0, 0.1) is 13.8 Å². The van der Waals surface area contributed by atoms with Crippen LogP contribution in [0.25, 0.3) is 16.6 Å². The van der Waals surface area contributed by atoms with Gasteiger partial charge in [0.1, 0.15) is 5.82 Å². The van der Waals surface area contributed by atoms with Gasteiger partial charge in [-0.25, -0.2) is 8.89 Å². The second kappa shape index (κ2) is 7.56. The number of anilines is 1. The third-order valence-electron chi connectivity index (χ3n) is 4.76. The number of hydrogen-bond acceptors (Lipinski definition) is 3. The summed E-state index contributed by atoms with van der Waals surface area (Å²) in [5, 5.41) is 5.67. The molecule has 142 valence electrons. The number of fused-ring (bicyclic) bond motifs is 1. The molecule has 0 fully saturated rings. The Hall–Kier alpha value is -2.99. The molecule has 4 aromatic rings. The van der Waals surface area contributed by atoms with E-state index in [1.165, 1.54) is 5.56 Å². The number of nitrogens with zero attached hydrogens (tertiary/aromatic N) is 3. The van der Waals surface area contributed by atoms with Gasteiger partial charge >= 0.3 is 0 Å². The van der Waals surface area contributed by atoms with Crippen LogP contribution in [0.1, 0.15) is 23.7 Å². The lowest BCUT2D eigenvalue weighted by atomic mass is 10.1. The first-order chi connectivity index (χ1) is 13.6. The monoisotopic (exact) mass is 390 g/mol. The van der Waals surface area contributed by atoms with Gasteiger partial charge in [-0.1, -0.05) is 25.1 Å². The molecule has 1 atom stereocenters. The first kappa shape index (κ1) is 18.4. The van der Waals surface area contributed by atoms with Crippen molar-refractivity contribution in [1.29, 1.82) is 0 Å². The summed E-state index contributed by atoms with van der Waals surface area (Å²) in [5.41, 5.74) is 5.01. The minimum atomic E-state index is -1.38. The van der Waals surface area contributed by atoms with E-state index in [2.05, 4.69) is 28.7 Å². The fraction of sp³-hybridized carbons (Fsp3) is 0.182. The van der Waals surface area contributed by atoms with Gasteiger partial charge in [-0.3, -0.25) is 9.71 Å². The van der Waals surface area contributed by atoms with Crippen molar-refractivity contribution in [2.24, 2.45) is 0 Å². The summed E-state index contributed by atoms with van der Waals surface area (Å²) in [6.07, 6.45) is 2.77. The zero-order valence-electron chi connectivity index (χ0n) is 16.1. The molecular formula is C22H22N4OS. The Morgan fingerprint density at radius 2 is 1.86 bits per heavy atom. The number of aryl methyl sites for hydroxylation is 3. The van der Waals surface area contributed by atoms with Crippen molar-refractivity contribution in [2.75, 3.05) is 4.72 Å². The van der Waals surface area contributed by atoms with E-state index in [1.54, 1.807) is 0 Å². The number of pyridine rings is 1. The predicted molar refractivity (Wildman–Crippen MR) is 114 cm³/mol. The van der Waals surface area contributed by atoms with Gasteiger partial charge in [-0.05, 0) is 61.7 Å². The van der Waals surface area contributed by atoms with Gasteiger partial charge in [0, 0.05) is 17.6 Å². The van der Waals surface area contributed by atoms with E-state index in [0.29, 0.717) is 5.82 Å². The molecular weight excluding hydrogens is 368 g/mol. The Labute approximate surface area is 167 Å². The molecule has 0 amide bonds. The molecule has 28 heavy (non-hydrogen) atoms. The zero-order chi connectivity index (χ0) is 19.7. The zero-order valence-corrected chi connectivity index (χ0v) is 17.0. The smallest absolute Gasteiger partial charge is 0.151 e. The molecule has 5 nitrogen and oxygen atoms in total. The molecule has 2 heterocycles. The maximum atomic E-state index is 12.9. The average molecular weight is 391 g/mol. The van der Waals surface area contributed by atoms with Crippen LogP contribution in [-0.2, 0) is 17.4 Å². The van der Waals surface area contributed by atoms with Gasteiger partial charge in [0.05, 0.1) is 21.8 Å². The molecule has 1 unspecified atom stereocenters.